The van der Waals surface area contributed by atoms with Crippen molar-refractivity contribution in [3.05, 3.63) is 89.4 Å². The van der Waals surface area contributed by atoms with E-state index in [9.17, 15) is 14.0 Å². The first-order chi connectivity index (χ1) is 16.0. The lowest BCUT2D eigenvalue weighted by molar-refractivity contribution is -0.120. The minimum Gasteiger partial charge on any atom is -0.493 e. The molecule has 0 aromatic heterocycles. The fraction of sp³-hybridized carbons (Fsp3) is 0.0800. The third kappa shape index (κ3) is 4.00. The third-order valence-corrected chi connectivity index (χ3v) is 5.12. The highest BCUT2D eigenvalue weighted by Crippen LogP contribution is 2.36. The minimum absolute atomic E-state index is 0.0307. The number of nitriles is 1. The van der Waals surface area contributed by atoms with Crippen LogP contribution in [0.2, 0.25) is 0 Å². The van der Waals surface area contributed by atoms with Gasteiger partial charge < -0.3 is 14.8 Å². The molecular formula is C25H18FN3O4. The molecule has 1 aliphatic rings. The molecule has 3 aromatic rings. The molecule has 2 amide bonds. The second-order valence-electron chi connectivity index (χ2n) is 7.06. The molecule has 0 atom stereocenters. The first kappa shape index (κ1) is 21.6. The lowest BCUT2D eigenvalue weighted by Gasteiger charge is -2.16. The van der Waals surface area contributed by atoms with Gasteiger partial charge in [-0.25, -0.2) is 9.29 Å². The monoisotopic (exact) mass is 443 g/mol. The molecule has 1 N–H and O–H groups in total. The van der Waals surface area contributed by atoms with E-state index in [1.165, 1.54) is 62.8 Å². The van der Waals surface area contributed by atoms with E-state index in [1.807, 2.05) is 6.07 Å². The van der Waals surface area contributed by atoms with Gasteiger partial charge in [-0.1, -0.05) is 12.1 Å². The zero-order valence-corrected chi connectivity index (χ0v) is 17.8. The Balaban J connectivity index is 1.80. The number of rotatable bonds is 6. The molecule has 8 heteroatoms. The van der Waals surface area contributed by atoms with Crippen LogP contribution in [-0.2, 0) is 9.59 Å². The number of anilines is 2. The Morgan fingerprint density at radius 3 is 2.15 bits per heavy atom. The van der Waals surface area contributed by atoms with Crippen LogP contribution in [0.1, 0.15) is 11.1 Å². The van der Waals surface area contributed by atoms with Crippen LogP contribution in [0.5, 0.6) is 11.5 Å². The number of nitrogens with zero attached hydrogens (tertiary/aromatic N) is 2. The lowest BCUT2D eigenvalue weighted by Crippen LogP contribution is -2.32. The maximum Gasteiger partial charge on any atom is 0.282 e. The maximum absolute atomic E-state index is 13.5. The van der Waals surface area contributed by atoms with Crippen LogP contribution in [0.3, 0.4) is 0 Å². The van der Waals surface area contributed by atoms with Gasteiger partial charge in [0.25, 0.3) is 11.8 Å². The van der Waals surface area contributed by atoms with Gasteiger partial charge >= 0.3 is 0 Å². The van der Waals surface area contributed by atoms with Crippen LogP contribution in [0.4, 0.5) is 15.8 Å². The normalized spacial score (nSPS) is 13.2. The third-order valence-electron chi connectivity index (χ3n) is 5.12. The molecule has 0 unspecified atom stereocenters. The Morgan fingerprint density at radius 2 is 1.55 bits per heavy atom. The molecule has 1 heterocycles. The van der Waals surface area contributed by atoms with Crippen molar-refractivity contribution in [1.29, 1.82) is 5.26 Å². The van der Waals surface area contributed by atoms with Gasteiger partial charge in [0.1, 0.15) is 11.5 Å². The van der Waals surface area contributed by atoms with Gasteiger partial charge in [0.05, 0.1) is 37.1 Å². The summed E-state index contributed by atoms with van der Waals surface area (Å²) in [5, 5.41) is 12.1. The van der Waals surface area contributed by atoms with E-state index >= 15 is 0 Å². The number of methoxy groups -OCH3 is 2. The molecular weight excluding hydrogens is 425 g/mol. The fourth-order valence-electron chi connectivity index (χ4n) is 3.51. The van der Waals surface area contributed by atoms with E-state index in [-0.39, 0.29) is 11.3 Å². The second-order valence-corrected chi connectivity index (χ2v) is 7.06. The van der Waals surface area contributed by atoms with Gasteiger partial charge in [-0.3, -0.25) is 9.59 Å². The Hall–Kier alpha value is -4.64. The summed E-state index contributed by atoms with van der Waals surface area (Å²) in [7, 11) is 3.00. The summed E-state index contributed by atoms with van der Waals surface area (Å²) in [4.78, 5) is 27.8. The maximum atomic E-state index is 13.5. The number of hydrogen-bond donors (Lipinski definition) is 1. The van der Waals surface area contributed by atoms with Crippen molar-refractivity contribution in [3.63, 3.8) is 0 Å². The number of nitrogens with one attached hydrogen (secondary N) is 1. The van der Waals surface area contributed by atoms with E-state index in [0.717, 1.165) is 4.90 Å². The van der Waals surface area contributed by atoms with Crippen LogP contribution in [-0.4, -0.2) is 26.0 Å². The summed E-state index contributed by atoms with van der Waals surface area (Å²) >= 11 is 0. The molecule has 33 heavy (non-hydrogen) atoms. The van der Waals surface area contributed by atoms with E-state index in [1.54, 1.807) is 18.2 Å². The van der Waals surface area contributed by atoms with Crippen LogP contribution in [0, 0.1) is 17.1 Å². The van der Waals surface area contributed by atoms with Crippen molar-refractivity contribution in [2.75, 3.05) is 24.4 Å². The first-order valence-corrected chi connectivity index (χ1v) is 9.85. The van der Waals surface area contributed by atoms with Crippen LogP contribution < -0.4 is 19.7 Å². The highest BCUT2D eigenvalue weighted by Gasteiger charge is 2.40. The van der Waals surface area contributed by atoms with Crippen molar-refractivity contribution in [2.24, 2.45) is 0 Å². The number of carbonyl (C=O) groups is 2. The summed E-state index contributed by atoms with van der Waals surface area (Å²) in [6.45, 7) is 0. The molecule has 0 bridgehead atoms. The van der Waals surface area contributed by atoms with Crippen LogP contribution >= 0.6 is 0 Å². The number of imide groups is 1. The molecule has 0 aliphatic carbocycles. The predicted octanol–water partition coefficient (Wildman–Crippen LogP) is 4.11. The van der Waals surface area contributed by atoms with E-state index in [0.29, 0.717) is 34.0 Å². The Morgan fingerprint density at radius 1 is 0.879 bits per heavy atom. The van der Waals surface area contributed by atoms with E-state index < -0.39 is 17.6 Å². The Kier molecular flexibility index (Phi) is 5.79. The molecule has 4 rings (SSSR count). The van der Waals surface area contributed by atoms with Crippen molar-refractivity contribution in [2.45, 2.75) is 0 Å². The largest absolute Gasteiger partial charge is 0.493 e. The number of hydrogen-bond acceptors (Lipinski definition) is 6. The summed E-state index contributed by atoms with van der Waals surface area (Å²) in [6.07, 6.45) is 0. The standard InChI is InChI=1S/C25H18FN3O4/c1-32-20-12-9-18(13-21(20)33-2)28-23-22(16-5-7-17(26)8-6-16)24(30)29(25(23)31)19-10-3-15(14-27)4-11-19/h3-13,28H,1-2H3. The van der Waals surface area contributed by atoms with Crippen LogP contribution in [0.25, 0.3) is 5.57 Å². The number of carbonyl (C=O) groups excluding carboxylic acids is 2. The first-order valence-electron chi connectivity index (χ1n) is 9.85. The summed E-state index contributed by atoms with van der Waals surface area (Å²) in [5.74, 6) is -0.677. The second kappa shape index (κ2) is 8.85. The predicted molar refractivity (Wildman–Crippen MR) is 120 cm³/mol. The molecule has 0 saturated carbocycles. The van der Waals surface area contributed by atoms with Crippen LogP contribution in [0.15, 0.2) is 72.4 Å². The molecule has 7 nitrogen and oxygen atoms in total. The van der Waals surface area contributed by atoms with Gasteiger partial charge in [0, 0.05) is 11.8 Å². The van der Waals surface area contributed by atoms with Crippen molar-refractivity contribution < 1.29 is 23.5 Å². The quantitative estimate of drug-likeness (QED) is 0.577. The zero-order valence-electron chi connectivity index (χ0n) is 17.8. The van der Waals surface area contributed by atoms with Crippen molar-refractivity contribution >= 4 is 28.8 Å². The summed E-state index contributed by atoms with van der Waals surface area (Å²) < 4.78 is 24.1. The van der Waals surface area contributed by atoms with E-state index in [2.05, 4.69) is 5.32 Å². The van der Waals surface area contributed by atoms with E-state index in [4.69, 9.17) is 14.7 Å². The minimum atomic E-state index is -0.584. The van der Waals surface area contributed by atoms with Crippen molar-refractivity contribution in [3.8, 4) is 17.6 Å². The topological polar surface area (TPSA) is 91.7 Å². The Labute approximate surface area is 189 Å². The average molecular weight is 443 g/mol. The molecule has 164 valence electrons. The number of ether oxygens (including phenoxy) is 2. The zero-order chi connectivity index (χ0) is 23.5. The number of halogens is 1. The highest BCUT2D eigenvalue weighted by atomic mass is 19.1. The van der Waals surface area contributed by atoms with Gasteiger partial charge in [-0.05, 0) is 54.1 Å². The summed E-state index contributed by atoms with van der Waals surface area (Å²) in [5.41, 5.74) is 1.71. The van der Waals surface area contributed by atoms with Gasteiger partial charge in [0.15, 0.2) is 11.5 Å². The summed E-state index contributed by atoms with van der Waals surface area (Å²) in [6, 6.07) is 18.4. The Bertz CT molecular complexity index is 1310. The molecule has 0 spiro atoms. The highest BCUT2D eigenvalue weighted by molar-refractivity contribution is 6.46. The van der Waals surface area contributed by atoms with Gasteiger partial charge in [0.2, 0.25) is 0 Å². The average Bonchev–Trinajstić information content (AvgIpc) is 3.08. The molecule has 0 radical (unpaired) electrons. The molecule has 0 fully saturated rings. The van der Waals surface area contributed by atoms with Gasteiger partial charge in [-0.15, -0.1) is 0 Å². The lowest BCUT2D eigenvalue weighted by atomic mass is 10.0. The SMILES string of the molecule is COc1ccc(NC2=C(c3ccc(F)cc3)C(=O)N(c3ccc(C#N)cc3)C2=O)cc1OC. The molecule has 3 aromatic carbocycles. The molecule has 0 saturated heterocycles. The smallest absolute Gasteiger partial charge is 0.282 e. The fourth-order valence-corrected chi connectivity index (χ4v) is 3.51. The van der Waals surface area contributed by atoms with Gasteiger partial charge in [-0.2, -0.15) is 5.26 Å². The number of benzene rings is 3. The molecule has 1 aliphatic heterocycles. The number of amides is 2. The van der Waals surface area contributed by atoms with Crippen molar-refractivity contribution in [1.82, 2.24) is 0 Å².